The predicted molar refractivity (Wildman–Crippen MR) is 94.3 cm³/mol. The molecule has 0 aliphatic heterocycles. The predicted octanol–water partition coefficient (Wildman–Crippen LogP) is 2.02. The Balaban J connectivity index is 2.11. The SMILES string of the molecule is C=C(C)C(=O)COCCSc1nnc(SCCCC(O)CO)s1. The van der Waals surface area contributed by atoms with E-state index in [0.29, 0.717) is 24.4 Å². The number of hydrogen-bond acceptors (Lipinski definition) is 9. The fourth-order valence-electron chi connectivity index (χ4n) is 1.36. The summed E-state index contributed by atoms with van der Waals surface area (Å²) in [5, 5.41) is 26.1. The van der Waals surface area contributed by atoms with E-state index in [0.717, 1.165) is 20.9 Å². The Labute approximate surface area is 148 Å². The summed E-state index contributed by atoms with van der Waals surface area (Å²) in [5.41, 5.74) is 0.509. The number of ether oxygens (including phenoxy) is 1. The van der Waals surface area contributed by atoms with Crippen LogP contribution in [0.15, 0.2) is 20.8 Å². The molecule has 0 aliphatic carbocycles. The van der Waals surface area contributed by atoms with Crippen molar-refractivity contribution in [3.63, 3.8) is 0 Å². The quantitative estimate of drug-likeness (QED) is 0.306. The highest BCUT2D eigenvalue weighted by Crippen LogP contribution is 2.29. The van der Waals surface area contributed by atoms with Crippen LogP contribution in [0.25, 0.3) is 0 Å². The van der Waals surface area contributed by atoms with Gasteiger partial charge in [0.2, 0.25) is 0 Å². The minimum absolute atomic E-state index is 0.0732. The van der Waals surface area contributed by atoms with E-state index in [2.05, 4.69) is 16.8 Å². The Bertz CT molecular complexity index is 496. The third-order valence-corrected chi connectivity index (χ3v) is 5.91. The molecule has 0 saturated heterocycles. The summed E-state index contributed by atoms with van der Waals surface area (Å²) in [6.45, 7) is 5.60. The molecule has 1 aromatic heterocycles. The zero-order valence-electron chi connectivity index (χ0n) is 13.1. The molecule has 1 unspecified atom stereocenters. The van der Waals surface area contributed by atoms with Gasteiger partial charge in [0, 0.05) is 11.5 Å². The molecule has 0 spiro atoms. The summed E-state index contributed by atoms with van der Waals surface area (Å²) in [5.74, 6) is 1.48. The van der Waals surface area contributed by atoms with Crippen molar-refractivity contribution >= 4 is 40.6 Å². The van der Waals surface area contributed by atoms with Crippen LogP contribution in [0.3, 0.4) is 0 Å². The number of thioether (sulfide) groups is 2. The van der Waals surface area contributed by atoms with E-state index in [9.17, 15) is 9.90 Å². The molecule has 1 rings (SSSR count). The Morgan fingerprint density at radius 1 is 1.35 bits per heavy atom. The van der Waals surface area contributed by atoms with Gasteiger partial charge in [-0.2, -0.15) is 0 Å². The molecule has 0 amide bonds. The molecule has 0 aromatic carbocycles. The van der Waals surface area contributed by atoms with Crippen LogP contribution >= 0.6 is 34.9 Å². The van der Waals surface area contributed by atoms with Gasteiger partial charge in [-0.05, 0) is 25.3 Å². The van der Waals surface area contributed by atoms with Gasteiger partial charge in [0.15, 0.2) is 14.5 Å². The van der Waals surface area contributed by atoms with Crippen LogP contribution < -0.4 is 0 Å². The zero-order valence-corrected chi connectivity index (χ0v) is 15.5. The lowest BCUT2D eigenvalue weighted by Gasteiger charge is -2.04. The van der Waals surface area contributed by atoms with Crippen molar-refractivity contribution in [3.8, 4) is 0 Å². The first-order valence-electron chi connectivity index (χ1n) is 7.17. The van der Waals surface area contributed by atoms with Gasteiger partial charge in [-0.15, -0.1) is 10.2 Å². The number of aliphatic hydroxyl groups excluding tert-OH is 2. The summed E-state index contributed by atoms with van der Waals surface area (Å²) in [7, 11) is 0. The van der Waals surface area contributed by atoms with Crippen LogP contribution in [-0.4, -0.2) is 63.6 Å². The van der Waals surface area contributed by atoms with Gasteiger partial charge in [-0.25, -0.2) is 0 Å². The summed E-state index contributed by atoms with van der Waals surface area (Å²) in [6.07, 6.45) is 0.774. The Morgan fingerprint density at radius 2 is 2.00 bits per heavy atom. The minimum atomic E-state index is -0.632. The molecule has 6 nitrogen and oxygen atoms in total. The fraction of sp³-hybridized carbons (Fsp3) is 0.643. The minimum Gasteiger partial charge on any atom is -0.394 e. The van der Waals surface area contributed by atoms with Crippen molar-refractivity contribution in [1.82, 2.24) is 10.2 Å². The number of hydrogen-bond donors (Lipinski definition) is 2. The third kappa shape index (κ3) is 9.43. The van der Waals surface area contributed by atoms with Crippen LogP contribution in [0.4, 0.5) is 0 Å². The highest BCUT2D eigenvalue weighted by atomic mass is 32.2. The third-order valence-electron chi connectivity index (χ3n) is 2.67. The monoisotopic (exact) mass is 378 g/mol. The first-order valence-corrected chi connectivity index (χ1v) is 9.96. The molecule has 1 heterocycles. The van der Waals surface area contributed by atoms with E-state index in [1.165, 1.54) is 11.3 Å². The van der Waals surface area contributed by atoms with E-state index in [4.69, 9.17) is 9.84 Å². The number of nitrogens with zero attached hydrogens (tertiary/aromatic N) is 2. The topological polar surface area (TPSA) is 92.5 Å². The van der Waals surface area contributed by atoms with Crippen molar-refractivity contribution in [1.29, 1.82) is 0 Å². The van der Waals surface area contributed by atoms with E-state index in [1.807, 2.05) is 0 Å². The van der Waals surface area contributed by atoms with Gasteiger partial charge in [0.05, 0.1) is 19.3 Å². The highest BCUT2D eigenvalue weighted by molar-refractivity contribution is 8.03. The number of Topliss-reactive ketones (excluding diaryl/α,β-unsaturated/α-hetero) is 1. The van der Waals surface area contributed by atoms with Crippen molar-refractivity contribution in [2.45, 2.75) is 34.5 Å². The number of aromatic nitrogens is 2. The standard InChI is InChI=1S/C14H22N2O4S3/c1-10(2)12(19)9-20-5-7-22-14-16-15-13(23-14)21-6-3-4-11(18)8-17/h11,17-18H,1,3-9H2,2H3. The second-order valence-electron chi connectivity index (χ2n) is 4.77. The van der Waals surface area contributed by atoms with Gasteiger partial charge in [-0.1, -0.05) is 41.4 Å². The molecule has 1 aromatic rings. The lowest BCUT2D eigenvalue weighted by atomic mass is 10.2. The largest absolute Gasteiger partial charge is 0.394 e. The first kappa shape index (κ1) is 20.6. The van der Waals surface area contributed by atoms with Crippen LogP contribution in [0, 0.1) is 0 Å². The summed E-state index contributed by atoms with van der Waals surface area (Å²) >= 11 is 4.67. The maximum atomic E-state index is 11.3. The van der Waals surface area contributed by atoms with Gasteiger partial charge in [-0.3, -0.25) is 4.79 Å². The Kier molecular flexibility index (Phi) is 10.7. The molecule has 0 aliphatic rings. The lowest BCUT2D eigenvalue weighted by Crippen LogP contribution is -2.11. The maximum absolute atomic E-state index is 11.3. The number of ketones is 1. The lowest BCUT2D eigenvalue weighted by molar-refractivity contribution is -0.119. The van der Waals surface area contributed by atoms with Crippen molar-refractivity contribution in [3.05, 3.63) is 12.2 Å². The van der Waals surface area contributed by atoms with Gasteiger partial charge < -0.3 is 14.9 Å². The fourth-order valence-corrected chi connectivity index (χ4v) is 4.33. The van der Waals surface area contributed by atoms with Crippen molar-refractivity contribution in [2.24, 2.45) is 0 Å². The van der Waals surface area contributed by atoms with E-state index in [-0.39, 0.29) is 19.0 Å². The van der Waals surface area contributed by atoms with Crippen LogP contribution in [0.5, 0.6) is 0 Å². The molecule has 1 atom stereocenters. The average molecular weight is 379 g/mol. The van der Waals surface area contributed by atoms with Crippen LogP contribution in [-0.2, 0) is 9.53 Å². The van der Waals surface area contributed by atoms with Gasteiger partial charge in [0.25, 0.3) is 0 Å². The maximum Gasteiger partial charge on any atom is 0.183 e. The summed E-state index contributed by atoms with van der Waals surface area (Å²) < 4.78 is 7.04. The number of carbonyl (C=O) groups is 1. The average Bonchev–Trinajstić information content (AvgIpc) is 2.98. The normalized spacial score (nSPS) is 12.3. The molecule has 0 radical (unpaired) electrons. The van der Waals surface area contributed by atoms with Crippen LogP contribution in [0.1, 0.15) is 19.8 Å². The summed E-state index contributed by atoms with van der Waals surface area (Å²) in [4.78, 5) is 11.3. The second-order valence-corrected chi connectivity index (χ2v) is 8.43. The van der Waals surface area contributed by atoms with Crippen molar-refractivity contribution < 1.29 is 19.7 Å². The van der Waals surface area contributed by atoms with E-state index in [1.54, 1.807) is 30.4 Å². The highest BCUT2D eigenvalue weighted by Gasteiger charge is 2.07. The van der Waals surface area contributed by atoms with E-state index >= 15 is 0 Å². The van der Waals surface area contributed by atoms with Gasteiger partial charge >= 0.3 is 0 Å². The molecule has 0 saturated carbocycles. The molecule has 23 heavy (non-hydrogen) atoms. The molecule has 9 heteroatoms. The van der Waals surface area contributed by atoms with Crippen LogP contribution in [0.2, 0.25) is 0 Å². The second kappa shape index (κ2) is 12.0. The molecule has 130 valence electrons. The molecule has 0 bridgehead atoms. The Morgan fingerprint density at radius 3 is 2.61 bits per heavy atom. The molecular weight excluding hydrogens is 356 g/mol. The Hall–Kier alpha value is -0.450. The van der Waals surface area contributed by atoms with Gasteiger partial charge in [0.1, 0.15) is 6.61 Å². The zero-order chi connectivity index (χ0) is 17.1. The van der Waals surface area contributed by atoms with Crippen molar-refractivity contribution in [2.75, 3.05) is 31.3 Å². The summed E-state index contributed by atoms with van der Waals surface area (Å²) in [6, 6.07) is 0. The number of aliphatic hydroxyl groups is 2. The smallest absolute Gasteiger partial charge is 0.183 e. The molecule has 2 N–H and O–H groups in total. The first-order chi connectivity index (χ1) is 11.0. The molecule has 0 fully saturated rings. The number of carbonyl (C=O) groups excluding carboxylic acids is 1. The molecular formula is C14H22N2O4S3. The van der Waals surface area contributed by atoms with E-state index < -0.39 is 6.10 Å². The number of rotatable bonds is 13.